The lowest BCUT2D eigenvalue weighted by atomic mass is 10.1. The Balaban J connectivity index is 1.74. The summed E-state index contributed by atoms with van der Waals surface area (Å²) in [4.78, 5) is 29.2. The molecule has 0 radical (unpaired) electrons. The first kappa shape index (κ1) is 19.3. The highest BCUT2D eigenvalue weighted by atomic mass is 16.2. The van der Waals surface area contributed by atoms with Crippen molar-refractivity contribution in [2.24, 2.45) is 0 Å². The maximum atomic E-state index is 12.6. The summed E-state index contributed by atoms with van der Waals surface area (Å²) in [6.07, 6.45) is 3.84. The molecule has 5 nitrogen and oxygen atoms in total. The fourth-order valence-corrected chi connectivity index (χ4v) is 2.80. The maximum absolute atomic E-state index is 12.6. The Labute approximate surface area is 164 Å². The van der Waals surface area contributed by atoms with E-state index in [0.29, 0.717) is 16.8 Å². The van der Waals surface area contributed by atoms with Crippen LogP contribution in [0.4, 0.5) is 11.4 Å². The molecular weight excluding hydrogens is 350 g/mol. The highest BCUT2D eigenvalue weighted by molar-refractivity contribution is 6.08. The van der Waals surface area contributed by atoms with E-state index in [0.717, 1.165) is 23.2 Å². The van der Waals surface area contributed by atoms with Crippen LogP contribution >= 0.6 is 0 Å². The quantitative estimate of drug-likeness (QED) is 0.677. The summed E-state index contributed by atoms with van der Waals surface area (Å²) in [6.45, 7) is 6.02. The molecule has 2 amide bonds. The molecule has 142 valence electrons. The number of amides is 2. The van der Waals surface area contributed by atoms with Gasteiger partial charge in [-0.2, -0.15) is 0 Å². The zero-order valence-corrected chi connectivity index (χ0v) is 16.2. The highest BCUT2D eigenvalue weighted by Gasteiger charge is 2.13. The molecule has 3 rings (SSSR count). The Bertz CT molecular complexity index is 1010. The first-order valence-electron chi connectivity index (χ1n) is 9.21. The van der Waals surface area contributed by atoms with Crippen molar-refractivity contribution in [3.8, 4) is 0 Å². The van der Waals surface area contributed by atoms with Gasteiger partial charge in [-0.3, -0.25) is 14.6 Å². The molecule has 5 heteroatoms. The number of rotatable bonds is 5. The van der Waals surface area contributed by atoms with Gasteiger partial charge in [0.1, 0.15) is 0 Å². The van der Waals surface area contributed by atoms with Crippen molar-refractivity contribution in [2.75, 3.05) is 10.6 Å². The van der Waals surface area contributed by atoms with E-state index in [4.69, 9.17) is 0 Å². The number of anilines is 2. The van der Waals surface area contributed by atoms with E-state index in [1.165, 1.54) is 18.0 Å². The van der Waals surface area contributed by atoms with Gasteiger partial charge in [-0.15, -0.1) is 0 Å². The predicted octanol–water partition coefficient (Wildman–Crippen LogP) is 4.77. The zero-order valence-electron chi connectivity index (χ0n) is 16.2. The molecule has 2 N–H and O–H groups in total. The van der Waals surface area contributed by atoms with Crippen molar-refractivity contribution in [1.29, 1.82) is 0 Å². The Kier molecular flexibility index (Phi) is 5.84. The summed E-state index contributed by atoms with van der Waals surface area (Å²) >= 11 is 0. The van der Waals surface area contributed by atoms with Gasteiger partial charge in [0, 0.05) is 23.8 Å². The molecule has 0 spiro atoms. The zero-order chi connectivity index (χ0) is 20.1. The third kappa shape index (κ3) is 4.43. The average Bonchev–Trinajstić information content (AvgIpc) is 2.72. The molecule has 0 aliphatic heterocycles. The molecule has 0 bridgehead atoms. The number of hydrogen-bond donors (Lipinski definition) is 2. The van der Waals surface area contributed by atoms with Gasteiger partial charge in [0.05, 0.1) is 11.1 Å². The van der Waals surface area contributed by atoms with E-state index in [9.17, 15) is 9.59 Å². The lowest BCUT2D eigenvalue weighted by Gasteiger charge is -2.11. The Morgan fingerprint density at radius 2 is 1.54 bits per heavy atom. The smallest absolute Gasteiger partial charge is 0.257 e. The molecule has 1 heterocycles. The van der Waals surface area contributed by atoms with Crippen molar-refractivity contribution in [2.45, 2.75) is 27.2 Å². The SMILES string of the molecule is CCc1ccc(NC(=O)c2cncc(C(=O)Nc3cccc(C)c3C)c2)cc1. The molecule has 3 aromatic rings. The lowest BCUT2D eigenvalue weighted by Crippen LogP contribution is -2.16. The standard InChI is InChI=1S/C23H23N3O2/c1-4-17-8-10-20(11-9-17)25-22(27)18-12-19(14-24-13-18)23(28)26-21-7-5-6-15(2)16(21)3/h5-14H,4H2,1-3H3,(H,25,27)(H,26,28). The molecule has 0 saturated heterocycles. The number of nitrogens with zero attached hydrogens (tertiary/aromatic N) is 1. The Morgan fingerprint density at radius 3 is 2.18 bits per heavy atom. The number of carbonyl (C=O) groups is 2. The Hall–Kier alpha value is -3.47. The first-order valence-corrected chi connectivity index (χ1v) is 9.21. The number of pyridine rings is 1. The summed E-state index contributed by atoms with van der Waals surface area (Å²) in [5, 5.41) is 5.72. The summed E-state index contributed by atoms with van der Waals surface area (Å²) < 4.78 is 0. The fraction of sp³-hybridized carbons (Fsp3) is 0.174. The van der Waals surface area contributed by atoms with Crippen LogP contribution in [-0.2, 0) is 6.42 Å². The number of nitrogens with one attached hydrogen (secondary N) is 2. The third-order valence-corrected chi connectivity index (χ3v) is 4.74. The number of benzene rings is 2. The van der Waals surface area contributed by atoms with Crippen LogP contribution in [0.15, 0.2) is 60.9 Å². The highest BCUT2D eigenvalue weighted by Crippen LogP contribution is 2.19. The first-order chi connectivity index (χ1) is 13.5. The van der Waals surface area contributed by atoms with Crippen LogP contribution < -0.4 is 10.6 Å². The van der Waals surface area contributed by atoms with Gasteiger partial charge < -0.3 is 10.6 Å². The normalized spacial score (nSPS) is 10.4. The van der Waals surface area contributed by atoms with Gasteiger partial charge >= 0.3 is 0 Å². The molecule has 0 unspecified atom stereocenters. The monoisotopic (exact) mass is 373 g/mol. The number of aryl methyl sites for hydroxylation is 2. The van der Waals surface area contributed by atoms with Gasteiger partial charge in [-0.05, 0) is 61.2 Å². The second kappa shape index (κ2) is 8.48. The molecule has 0 saturated carbocycles. The maximum Gasteiger partial charge on any atom is 0.257 e. The van der Waals surface area contributed by atoms with Crippen LogP contribution in [0.1, 0.15) is 44.3 Å². The molecule has 2 aromatic carbocycles. The predicted molar refractivity (Wildman–Crippen MR) is 112 cm³/mol. The lowest BCUT2D eigenvalue weighted by molar-refractivity contribution is 0.102. The number of hydrogen-bond acceptors (Lipinski definition) is 3. The van der Waals surface area contributed by atoms with Crippen LogP contribution in [0.3, 0.4) is 0 Å². The van der Waals surface area contributed by atoms with Crippen LogP contribution in [0, 0.1) is 13.8 Å². The molecule has 0 aliphatic rings. The minimum absolute atomic E-state index is 0.303. The number of carbonyl (C=O) groups excluding carboxylic acids is 2. The molecule has 0 fully saturated rings. The molecule has 0 aliphatic carbocycles. The van der Waals surface area contributed by atoms with E-state index < -0.39 is 0 Å². The van der Waals surface area contributed by atoms with Crippen molar-refractivity contribution < 1.29 is 9.59 Å². The van der Waals surface area contributed by atoms with E-state index in [1.807, 2.05) is 56.3 Å². The molecule has 28 heavy (non-hydrogen) atoms. The van der Waals surface area contributed by atoms with Crippen LogP contribution in [0.2, 0.25) is 0 Å². The van der Waals surface area contributed by atoms with Crippen molar-refractivity contribution in [1.82, 2.24) is 4.98 Å². The van der Waals surface area contributed by atoms with Gasteiger partial charge in [0.2, 0.25) is 0 Å². The molecular formula is C23H23N3O2. The molecule has 1 aromatic heterocycles. The fourth-order valence-electron chi connectivity index (χ4n) is 2.80. The van der Waals surface area contributed by atoms with Gasteiger partial charge in [0.25, 0.3) is 11.8 Å². The van der Waals surface area contributed by atoms with Crippen LogP contribution in [-0.4, -0.2) is 16.8 Å². The largest absolute Gasteiger partial charge is 0.322 e. The van der Waals surface area contributed by atoms with Crippen molar-refractivity contribution >= 4 is 23.2 Å². The van der Waals surface area contributed by atoms with Crippen LogP contribution in [0.25, 0.3) is 0 Å². The molecule has 0 atom stereocenters. The Morgan fingerprint density at radius 1 is 0.893 bits per heavy atom. The van der Waals surface area contributed by atoms with Crippen molar-refractivity contribution in [3.63, 3.8) is 0 Å². The summed E-state index contributed by atoms with van der Waals surface area (Å²) in [5.74, 6) is -0.610. The minimum Gasteiger partial charge on any atom is -0.322 e. The summed E-state index contributed by atoms with van der Waals surface area (Å²) in [7, 11) is 0. The average molecular weight is 373 g/mol. The van der Waals surface area contributed by atoms with Gasteiger partial charge in [-0.25, -0.2) is 0 Å². The number of aromatic nitrogens is 1. The summed E-state index contributed by atoms with van der Waals surface area (Å²) in [5.41, 5.74) is 5.41. The van der Waals surface area contributed by atoms with Crippen LogP contribution in [0.5, 0.6) is 0 Å². The van der Waals surface area contributed by atoms with E-state index >= 15 is 0 Å². The third-order valence-electron chi connectivity index (χ3n) is 4.74. The second-order valence-corrected chi connectivity index (χ2v) is 6.67. The topological polar surface area (TPSA) is 71.1 Å². The van der Waals surface area contributed by atoms with Gasteiger partial charge in [0.15, 0.2) is 0 Å². The minimum atomic E-state index is -0.307. The van der Waals surface area contributed by atoms with E-state index in [-0.39, 0.29) is 11.8 Å². The summed E-state index contributed by atoms with van der Waals surface area (Å²) in [6, 6.07) is 15.0. The second-order valence-electron chi connectivity index (χ2n) is 6.67. The van der Waals surface area contributed by atoms with E-state index in [1.54, 1.807) is 6.07 Å². The van der Waals surface area contributed by atoms with E-state index in [2.05, 4.69) is 22.5 Å². The van der Waals surface area contributed by atoms with Crippen molar-refractivity contribution in [3.05, 3.63) is 88.7 Å². The van der Waals surface area contributed by atoms with Gasteiger partial charge in [-0.1, -0.05) is 31.2 Å².